The van der Waals surface area contributed by atoms with E-state index in [1.54, 1.807) is 0 Å². The van der Waals surface area contributed by atoms with Crippen LogP contribution in [-0.2, 0) is 20.1 Å². The maximum absolute atomic E-state index is 4.61. The fraction of sp³-hybridized carbons (Fsp3) is 0.348. The highest BCUT2D eigenvalue weighted by atomic mass is 35.5. The quantitative estimate of drug-likeness (QED) is 0.551. The zero-order valence-corrected chi connectivity index (χ0v) is 17.8. The Morgan fingerprint density at radius 3 is 2.72 bits per heavy atom. The summed E-state index contributed by atoms with van der Waals surface area (Å²) in [5.74, 6) is 1.14. The van der Waals surface area contributed by atoms with E-state index < -0.39 is 0 Å². The third-order valence-corrected chi connectivity index (χ3v) is 6.05. The van der Waals surface area contributed by atoms with Crippen molar-refractivity contribution in [3.05, 3.63) is 66.2 Å². The lowest BCUT2D eigenvalue weighted by molar-refractivity contribution is 0.145. The molecule has 1 atom stereocenters. The Morgan fingerprint density at radius 1 is 1.10 bits per heavy atom. The van der Waals surface area contributed by atoms with Crippen LogP contribution in [0.5, 0.6) is 0 Å². The SMILES string of the molecule is CCn1c2ccccc2c2cc(CN3CCNCC3c3nccn3C)ccc21.Cl. The van der Waals surface area contributed by atoms with Crippen molar-refractivity contribution in [2.45, 2.75) is 26.1 Å². The number of aromatic nitrogens is 3. The van der Waals surface area contributed by atoms with Crippen LogP contribution in [0.2, 0.25) is 0 Å². The number of nitrogens with one attached hydrogen (secondary N) is 1. The third-order valence-electron chi connectivity index (χ3n) is 6.05. The van der Waals surface area contributed by atoms with Crippen LogP contribution < -0.4 is 5.32 Å². The molecule has 1 fully saturated rings. The Labute approximate surface area is 177 Å². The number of hydrogen-bond acceptors (Lipinski definition) is 3. The van der Waals surface area contributed by atoms with Gasteiger partial charge in [-0.15, -0.1) is 12.4 Å². The Bertz CT molecular complexity index is 1130. The van der Waals surface area contributed by atoms with Crippen LogP contribution in [0.3, 0.4) is 0 Å². The summed E-state index contributed by atoms with van der Waals surface area (Å²) < 4.78 is 4.55. The van der Waals surface area contributed by atoms with Crippen molar-refractivity contribution in [2.75, 3.05) is 19.6 Å². The molecule has 3 heterocycles. The van der Waals surface area contributed by atoms with Gasteiger partial charge in [0.25, 0.3) is 0 Å². The number of aryl methyl sites for hydroxylation is 2. The van der Waals surface area contributed by atoms with Gasteiger partial charge >= 0.3 is 0 Å². The minimum absolute atomic E-state index is 0. The number of imidazole rings is 1. The molecule has 1 N–H and O–H groups in total. The van der Waals surface area contributed by atoms with Crippen LogP contribution in [0, 0.1) is 0 Å². The van der Waals surface area contributed by atoms with Gasteiger partial charge in [-0.3, -0.25) is 4.90 Å². The Balaban J connectivity index is 0.00000205. The van der Waals surface area contributed by atoms with Gasteiger partial charge in [0, 0.05) is 74.0 Å². The molecule has 152 valence electrons. The summed E-state index contributed by atoms with van der Waals surface area (Å²) >= 11 is 0. The average Bonchev–Trinajstić information content (AvgIpc) is 3.29. The average molecular weight is 410 g/mol. The van der Waals surface area contributed by atoms with E-state index >= 15 is 0 Å². The van der Waals surface area contributed by atoms with Crippen molar-refractivity contribution in [2.24, 2.45) is 7.05 Å². The van der Waals surface area contributed by atoms with Gasteiger partial charge in [-0.1, -0.05) is 24.3 Å². The molecule has 0 bridgehead atoms. The zero-order chi connectivity index (χ0) is 19.1. The van der Waals surface area contributed by atoms with Gasteiger partial charge in [-0.05, 0) is 30.7 Å². The summed E-state index contributed by atoms with van der Waals surface area (Å²) in [7, 11) is 2.08. The molecule has 5 nitrogen and oxygen atoms in total. The van der Waals surface area contributed by atoms with E-state index in [0.717, 1.165) is 38.5 Å². The first-order valence-electron chi connectivity index (χ1n) is 10.2. The lowest BCUT2D eigenvalue weighted by atomic mass is 10.1. The van der Waals surface area contributed by atoms with Crippen LogP contribution >= 0.6 is 12.4 Å². The molecule has 0 radical (unpaired) electrons. The number of rotatable bonds is 4. The second kappa shape index (κ2) is 8.19. The fourth-order valence-electron chi connectivity index (χ4n) is 4.66. The number of nitrogens with zero attached hydrogens (tertiary/aromatic N) is 4. The van der Waals surface area contributed by atoms with Crippen molar-refractivity contribution < 1.29 is 0 Å². The van der Waals surface area contributed by atoms with Crippen LogP contribution in [0.25, 0.3) is 21.8 Å². The Morgan fingerprint density at radius 2 is 1.93 bits per heavy atom. The molecular weight excluding hydrogens is 382 g/mol. The molecule has 0 aliphatic carbocycles. The molecule has 2 aromatic heterocycles. The number of fused-ring (bicyclic) bond motifs is 3. The Hall–Kier alpha value is -2.34. The molecular formula is C23H28ClN5. The normalized spacial score (nSPS) is 17.7. The van der Waals surface area contributed by atoms with E-state index in [1.165, 1.54) is 27.4 Å². The number of halogens is 1. The number of piperazine rings is 1. The summed E-state index contributed by atoms with van der Waals surface area (Å²) in [6, 6.07) is 16.0. The molecule has 0 saturated carbocycles. The van der Waals surface area contributed by atoms with Gasteiger partial charge in [0.15, 0.2) is 0 Å². The molecule has 5 rings (SSSR count). The van der Waals surface area contributed by atoms with Crippen LogP contribution in [0.1, 0.15) is 24.4 Å². The maximum Gasteiger partial charge on any atom is 0.127 e. The summed E-state index contributed by atoms with van der Waals surface area (Å²) in [5, 5.41) is 6.24. The summed E-state index contributed by atoms with van der Waals surface area (Å²) in [4.78, 5) is 7.17. The van der Waals surface area contributed by atoms with Crippen molar-refractivity contribution in [1.29, 1.82) is 0 Å². The van der Waals surface area contributed by atoms with Gasteiger partial charge in [0.1, 0.15) is 5.82 Å². The highest BCUT2D eigenvalue weighted by molar-refractivity contribution is 6.08. The first kappa shape index (κ1) is 20.0. The molecule has 4 aromatic rings. The van der Waals surface area contributed by atoms with E-state index in [-0.39, 0.29) is 12.4 Å². The maximum atomic E-state index is 4.61. The van der Waals surface area contributed by atoms with E-state index in [2.05, 4.69) is 80.8 Å². The molecule has 2 aromatic carbocycles. The molecule has 29 heavy (non-hydrogen) atoms. The van der Waals surface area contributed by atoms with Crippen molar-refractivity contribution in [3.8, 4) is 0 Å². The van der Waals surface area contributed by atoms with Gasteiger partial charge in [-0.25, -0.2) is 4.98 Å². The van der Waals surface area contributed by atoms with E-state index in [0.29, 0.717) is 6.04 Å². The molecule has 0 spiro atoms. The molecule has 1 aliphatic heterocycles. The highest BCUT2D eigenvalue weighted by Crippen LogP contribution is 2.31. The number of benzene rings is 2. The number of hydrogen-bond donors (Lipinski definition) is 1. The van der Waals surface area contributed by atoms with Gasteiger partial charge in [0.05, 0.1) is 6.04 Å². The zero-order valence-electron chi connectivity index (χ0n) is 17.0. The smallest absolute Gasteiger partial charge is 0.127 e. The fourth-order valence-corrected chi connectivity index (χ4v) is 4.66. The minimum Gasteiger partial charge on any atom is -0.341 e. The lowest BCUT2D eigenvalue weighted by Gasteiger charge is -2.35. The number of para-hydroxylation sites is 1. The first-order chi connectivity index (χ1) is 13.8. The molecule has 1 unspecified atom stereocenters. The van der Waals surface area contributed by atoms with E-state index in [1.807, 2.05) is 12.4 Å². The summed E-state index contributed by atoms with van der Waals surface area (Å²) in [6.07, 6.45) is 3.93. The minimum atomic E-state index is 0. The second-order valence-corrected chi connectivity index (χ2v) is 7.70. The largest absolute Gasteiger partial charge is 0.341 e. The van der Waals surface area contributed by atoms with Gasteiger partial charge < -0.3 is 14.5 Å². The first-order valence-corrected chi connectivity index (χ1v) is 10.2. The summed E-state index contributed by atoms with van der Waals surface area (Å²) in [6.45, 7) is 7.16. The van der Waals surface area contributed by atoms with Crippen LogP contribution in [-0.4, -0.2) is 38.7 Å². The van der Waals surface area contributed by atoms with E-state index in [4.69, 9.17) is 0 Å². The molecule has 1 aliphatic rings. The third kappa shape index (κ3) is 3.44. The van der Waals surface area contributed by atoms with Crippen molar-refractivity contribution >= 4 is 34.2 Å². The lowest BCUT2D eigenvalue weighted by Crippen LogP contribution is -2.46. The topological polar surface area (TPSA) is 38.0 Å². The van der Waals surface area contributed by atoms with E-state index in [9.17, 15) is 0 Å². The van der Waals surface area contributed by atoms with Crippen molar-refractivity contribution in [3.63, 3.8) is 0 Å². The van der Waals surface area contributed by atoms with Gasteiger partial charge in [-0.2, -0.15) is 0 Å². The van der Waals surface area contributed by atoms with Crippen LogP contribution in [0.15, 0.2) is 54.9 Å². The molecule has 1 saturated heterocycles. The standard InChI is InChI=1S/C23H27N5.ClH/c1-3-28-20-7-5-4-6-18(20)19-14-17(8-9-21(19)28)16-27-13-10-24-15-22(27)23-25-11-12-26(23)2;/h4-9,11-12,14,22,24H,3,10,13,15-16H2,1-2H3;1H. The predicted molar refractivity (Wildman–Crippen MR) is 122 cm³/mol. The second-order valence-electron chi connectivity index (χ2n) is 7.70. The monoisotopic (exact) mass is 409 g/mol. The molecule has 6 heteroatoms. The Kier molecular flexibility index (Phi) is 5.63. The molecule has 0 amide bonds. The van der Waals surface area contributed by atoms with Crippen molar-refractivity contribution in [1.82, 2.24) is 24.3 Å². The van der Waals surface area contributed by atoms with Gasteiger partial charge in [0.2, 0.25) is 0 Å². The van der Waals surface area contributed by atoms with Crippen LogP contribution in [0.4, 0.5) is 0 Å². The highest BCUT2D eigenvalue weighted by Gasteiger charge is 2.26. The summed E-state index contributed by atoms with van der Waals surface area (Å²) in [5.41, 5.74) is 4.02. The predicted octanol–water partition coefficient (Wildman–Crippen LogP) is 4.12.